The zero-order chi connectivity index (χ0) is 12.7. The van der Waals surface area contributed by atoms with E-state index in [2.05, 4.69) is 0 Å². The van der Waals surface area contributed by atoms with Crippen LogP contribution in [0.3, 0.4) is 0 Å². The fraction of sp³-hybridized carbons (Fsp3) is 0.818. The number of carboxylic acids is 1. The molecule has 0 aliphatic heterocycles. The summed E-state index contributed by atoms with van der Waals surface area (Å²) in [6, 6.07) is -0.193. The molecule has 0 bridgehead atoms. The Labute approximate surface area is 97.0 Å². The van der Waals surface area contributed by atoms with Crippen LogP contribution in [0.15, 0.2) is 0 Å². The van der Waals surface area contributed by atoms with Gasteiger partial charge in [0.2, 0.25) is 0 Å². The fourth-order valence-electron chi connectivity index (χ4n) is 1.46. The summed E-state index contributed by atoms with van der Waals surface area (Å²) in [5.41, 5.74) is 0. The summed E-state index contributed by atoms with van der Waals surface area (Å²) in [4.78, 5) is 25.6. The summed E-state index contributed by atoms with van der Waals surface area (Å²) in [5, 5.41) is 8.69. The Morgan fingerprint density at radius 1 is 1.12 bits per heavy atom. The van der Waals surface area contributed by atoms with Crippen LogP contribution in [0.2, 0.25) is 0 Å². The molecule has 0 rings (SSSR count). The van der Waals surface area contributed by atoms with Crippen molar-refractivity contribution < 1.29 is 14.7 Å². The van der Waals surface area contributed by atoms with Gasteiger partial charge in [-0.2, -0.15) is 0 Å². The number of carboxylic acid groups (broad SMARTS) is 1. The first kappa shape index (κ1) is 14.7. The maximum atomic E-state index is 12.0. The van der Waals surface area contributed by atoms with E-state index in [9.17, 15) is 9.59 Å². The number of aliphatic carboxylic acids is 1. The third-order valence-electron chi connectivity index (χ3n) is 2.22. The van der Waals surface area contributed by atoms with Crippen molar-refractivity contribution in [2.45, 2.75) is 27.7 Å². The first-order chi connectivity index (χ1) is 7.42. The van der Waals surface area contributed by atoms with Gasteiger partial charge >= 0.3 is 12.0 Å². The van der Waals surface area contributed by atoms with Crippen LogP contribution in [-0.2, 0) is 4.79 Å². The van der Waals surface area contributed by atoms with Gasteiger partial charge in [-0.1, -0.05) is 13.8 Å². The molecule has 5 heteroatoms. The van der Waals surface area contributed by atoms with E-state index >= 15 is 0 Å². The molecule has 0 saturated heterocycles. The van der Waals surface area contributed by atoms with Crippen molar-refractivity contribution in [1.82, 2.24) is 9.80 Å². The molecule has 0 unspecified atom stereocenters. The lowest BCUT2D eigenvalue weighted by atomic mass is 10.2. The van der Waals surface area contributed by atoms with Crippen LogP contribution < -0.4 is 0 Å². The second-order valence-corrected chi connectivity index (χ2v) is 4.12. The maximum Gasteiger partial charge on any atom is 0.323 e. The number of amides is 2. The van der Waals surface area contributed by atoms with Crippen LogP contribution in [0.4, 0.5) is 4.79 Å². The van der Waals surface area contributed by atoms with E-state index in [1.807, 2.05) is 20.8 Å². The molecule has 0 aromatic rings. The summed E-state index contributed by atoms with van der Waals surface area (Å²) in [6.45, 7) is 9.19. The Kier molecular flexibility index (Phi) is 6.53. The number of urea groups is 1. The topological polar surface area (TPSA) is 60.9 Å². The molecule has 94 valence electrons. The smallest absolute Gasteiger partial charge is 0.323 e. The zero-order valence-corrected chi connectivity index (χ0v) is 10.6. The van der Waals surface area contributed by atoms with Crippen LogP contribution in [-0.4, -0.2) is 53.1 Å². The number of carbonyl (C=O) groups excluding carboxylic acids is 1. The van der Waals surface area contributed by atoms with Crippen molar-refractivity contribution in [1.29, 1.82) is 0 Å². The van der Waals surface area contributed by atoms with Gasteiger partial charge in [0, 0.05) is 19.6 Å². The van der Waals surface area contributed by atoms with Gasteiger partial charge in [0.25, 0.3) is 0 Å². The molecular weight excluding hydrogens is 208 g/mol. The van der Waals surface area contributed by atoms with Crippen molar-refractivity contribution in [2.24, 2.45) is 5.92 Å². The Morgan fingerprint density at radius 3 is 1.94 bits per heavy atom. The van der Waals surface area contributed by atoms with E-state index in [1.165, 1.54) is 4.90 Å². The third-order valence-corrected chi connectivity index (χ3v) is 2.22. The standard InChI is InChI=1S/C11H22N2O3/c1-5-12(7-9(3)4)11(16)13(6-2)8-10(14)15/h9H,5-8H2,1-4H3,(H,14,15). The van der Waals surface area contributed by atoms with E-state index in [1.54, 1.807) is 11.8 Å². The van der Waals surface area contributed by atoms with Crippen molar-refractivity contribution >= 4 is 12.0 Å². The molecule has 1 N–H and O–H groups in total. The van der Waals surface area contributed by atoms with E-state index in [-0.39, 0.29) is 12.6 Å². The molecule has 2 amide bonds. The predicted molar refractivity (Wildman–Crippen MR) is 62.4 cm³/mol. The maximum absolute atomic E-state index is 12.0. The van der Waals surface area contributed by atoms with E-state index in [0.717, 1.165) is 0 Å². The second kappa shape index (κ2) is 7.09. The molecule has 0 aliphatic carbocycles. The molecule has 0 aliphatic rings. The Hall–Kier alpha value is -1.26. The quantitative estimate of drug-likeness (QED) is 0.752. The number of hydrogen-bond donors (Lipinski definition) is 1. The Morgan fingerprint density at radius 2 is 1.62 bits per heavy atom. The first-order valence-corrected chi connectivity index (χ1v) is 5.67. The van der Waals surface area contributed by atoms with Crippen LogP contribution in [0, 0.1) is 5.92 Å². The fourth-order valence-corrected chi connectivity index (χ4v) is 1.46. The largest absolute Gasteiger partial charge is 0.480 e. The SMILES string of the molecule is CCN(CC(=O)O)C(=O)N(CC)CC(C)C. The monoisotopic (exact) mass is 230 g/mol. The van der Waals surface area contributed by atoms with Gasteiger partial charge in [-0.25, -0.2) is 4.79 Å². The molecule has 0 radical (unpaired) electrons. The lowest BCUT2D eigenvalue weighted by Crippen LogP contribution is -2.46. The zero-order valence-electron chi connectivity index (χ0n) is 10.6. The summed E-state index contributed by atoms with van der Waals surface area (Å²) < 4.78 is 0. The van der Waals surface area contributed by atoms with E-state index in [4.69, 9.17) is 5.11 Å². The van der Waals surface area contributed by atoms with Crippen LogP contribution >= 0.6 is 0 Å². The van der Waals surface area contributed by atoms with Crippen LogP contribution in [0.25, 0.3) is 0 Å². The number of carbonyl (C=O) groups is 2. The first-order valence-electron chi connectivity index (χ1n) is 5.67. The van der Waals surface area contributed by atoms with Gasteiger partial charge < -0.3 is 14.9 Å². The highest BCUT2D eigenvalue weighted by atomic mass is 16.4. The number of likely N-dealkylation sites (N-methyl/N-ethyl adjacent to an activating group) is 1. The molecule has 0 aromatic heterocycles. The summed E-state index contributed by atoms with van der Waals surface area (Å²) >= 11 is 0. The molecule has 16 heavy (non-hydrogen) atoms. The minimum Gasteiger partial charge on any atom is -0.480 e. The second-order valence-electron chi connectivity index (χ2n) is 4.12. The number of rotatable bonds is 6. The van der Waals surface area contributed by atoms with Crippen LogP contribution in [0.1, 0.15) is 27.7 Å². The summed E-state index contributed by atoms with van der Waals surface area (Å²) in [5.74, 6) is -0.594. The van der Waals surface area contributed by atoms with Crippen molar-refractivity contribution in [3.8, 4) is 0 Å². The van der Waals surface area contributed by atoms with Gasteiger partial charge in [-0.05, 0) is 19.8 Å². The highest BCUT2D eigenvalue weighted by Gasteiger charge is 2.20. The Bertz CT molecular complexity index is 241. The lowest BCUT2D eigenvalue weighted by Gasteiger charge is -2.29. The van der Waals surface area contributed by atoms with Crippen LogP contribution in [0.5, 0.6) is 0 Å². The van der Waals surface area contributed by atoms with E-state index < -0.39 is 5.97 Å². The van der Waals surface area contributed by atoms with Crippen molar-refractivity contribution in [3.63, 3.8) is 0 Å². The molecule has 0 fully saturated rings. The molecule has 0 atom stereocenters. The normalized spacial score (nSPS) is 10.3. The highest BCUT2D eigenvalue weighted by Crippen LogP contribution is 2.03. The van der Waals surface area contributed by atoms with Gasteiger partial charge in [0.15, 0.2) is 0 Å². The van der Waals surface area contributed by atoms with Crippen molar-refractivity contribution in [3.05, 3.63) is 0 Å². The predicted octanol–water partition coefficient (Wildman–Crippen LogP) is 1.49. The molecule has 0 saturated carbocycles. The lowest BCUT2D eigenvalue weighted by molar-refractivity contribution is -0.137. The number of nitrogens with zero attached hydrogens (tertiary/aromatic N) is 2. The van der Waals surface area contributed by atoms with E-state index in [0.29, 0.717) is 25.6 Å². The van der Waals surface area contributed by atoms with Gasteiger partial charge in [-0.3, -0.25) is 4.79 Å². The van der Waals surface area contributed by atoms with Gasteiger partial charge in [-0.15, -0.1) is 0 Å². The average Bonchev–Trinajstić information content (AvgIpc) is 2.20. The summed E-state index contributed by atoms with van der Waals surface area (Å²) in [7, 11) is 0. The number of hydrogen-bond acceptors (Lipinski definition) is 2. The molecule has 5 nitrogen and oxygen atoms in total. The van der Waals surface area contributed by atoms with Gasteiger partial charge in [0.1, 0.15) is 6.54 Å². The molecular formula is C11H22N2O3. The minimum atomic E-state index is -0.976. The molecule has 0 heterocycles. The third kappa shape index (κ3) is 5.00. The highest BCUT2D eigenvalue weighted by molar-refractivity contribution is 5.80. The Balaban J connectivity index is 4.50. The molecule has 0 spiro atoms. The van der Waals surface area contributed by atoms with Crippen molar-refractivity contribution in [2.75, 3.05) is 26.2 Å². The minimum absolute atomic E-state index is 0.193. The summed E-state index contributed by atoms with van der Waals surface area (Å²) in [6.07, 6.45) is 0. The molecule has 0 aromatic carbocycles. The average molecular weight is 230 g/mol. The van der Waals surface area contributed by atoms with Gasteiger partial charge in [0.05, 0.1) is 0 Å².